The maximum Gasteiger partial charge on any atom is 0.225 e. The van der Waals surface area contributed by atoms with Crippen LogP contribution in [0.4, 0.5) is 5.95 Å². The van der Waals surface area contributed by atoms with Crippen molar-refractivity contribution in [3.05, 3.63) is 18.0 Å². The van der Waals surface area contributed by atoms with E-state index in [4.69, 9.17) is 5.73 Å². The van der Waals surface area contributed by atoms with Gasteiger partial charge < -0.3 is 10.6 Å². The van der Waals surface area contributed by atoms with Gasteiger partial charge in [0, 0.05) is 25.0 Å². The summed E-state index contributed by atoms with van der Waals surface area (Å²) in [6.07, 6.45) is 8.85. The Labute approximate surface area is 110 Å². The van der Waals surface area contributed by atoms with Crippen molar-refractivity contribution >= 4 is 5.95 Å². The number of hydrogen-bond donors (Lipinski definition) is 1. The fourth-order valence-electron chi connectivity index (χ4n) is 2.93. The van der Waals surface area contributed by atoms with E-state index in [0.29, 0.717) is 12.0 Å². The number of nitrogens with zero attached hydrogens (tertiary/aromatic N) is 3. The summed E-state index contributed by atoms with van der Waals surface area (Å²) in [6.45, 7) is 5.91. The molecule has 100 valence electrons. The highest BCUT2D eigenvalue weighted by atomic mass is 15.3. The number of rotatable bonds is 4. The molecule has 4 heteroatoms. The van der Waals surface area contributed by atoms with Crippen LogP contribution in [0.3, 0.4) is 0 Å². The van der Waals surface area contributed by atoms with Crippen LogP contribution in [0, 0.1) is 12.8 Å². The molecule has 1 aromatic rings. The number of anilines is 1. The number of aromatic nitrogens is 2. The minimum Gasteiger partial charge on any atom is -0.338 e. The predicted octanol–water partition coefficient (Wildman–Crippen LogP) is 2.13. The van der Waals surface area contributed by atoms with Crippen molar-refractivity contribution in [2.45, 2.75) is 45.6 Å². The van der Waals surface area contributed by atoms with E-state index in [1.54, 1.807) is 0 Å². The molecule has 1 aromatic heterocycles. The van der Waals surface area contributed by atoms with Crippen LogP contribution in [0.15, 0.2) is 12.4 Å². The molecule has 18 heavy (non-hydrogen) atoms. The van der Waals surface area contributed by atoms with Crippen LogP contribution >= 0.6 is 0 Å². The summed E-state index contributed by atoms with van der Waals surface area (Å²) in [5.41, 5.74) is 7.03. The Morgan fingerprint density at radius 1 is 1.28 bits per heavy atom. The molecule has 0 aromatic carbocycles. The van der Waals surface area contributed by atoms with Crippen molar-refractivity contribution in [1.82, 2.24) is 9.97 Å². The molecule has 1 fully saturated rings. The van der Waals surface area contributed by atoms with Crippen LogP contribution in [0.25, 0.3) is 0 Å². The summed E-state index contributed by atoms with van der Waals surface area (Å²) < 4.78 is 0. The van der Waals surface area contributed by atoms with Crippen LogP contribution < -0.4 is 10.6 Å². The van der Waals surface area contributed by atoms with Gasteiger partial charge in [-0.15, -0.1) is 0 Å². The zero-order valence-corrected chi connectivity index (χ0v) is 11.5. The SMILES string of the molecule is CCN(c1ncc(C)cn1)C1CCCCC1CN. The van der Waals surface area contributed by atoms with Gasteiger partial charge in [-0.2, -0.15) is 0 Å². The maximum atomic E-state index is 5.92. The molecule has 0 radical (unpaired) electrons. The van der Waals surface area contributed by atoms with Crippen molar-refractivity contribution in [1.29, 1.82) is 0 Å². The van der Waals surface area contributed by atoms with Gasteiger partial charge in [-0.25, -0.2) is 9.97 Å². The number of nitrogens with two attached hydrogens (primary N) is 1. The largest absolute Gasteiger partial charge is 0.338 e. The molecule has 1 aliphatic rings. The Bertz CT molecular complexity index is 363. The summed E-state index contributed by atoms with van der Waals surface area (Å²) >= 11 is 0. The summed E-state index contributed by atoms with van der Waals surface area (Å²) in [6, 6.07) is 0.511. The first-order valence-corrected chi connectivity index (χ1v) is 7.01. The normalized spacial score (nSPS) is 23.9. The lowest BCUT2D eigenvalue weighted by molar-refractivity contribution is 0.298. The fraction of sp³-hybridized carbons (Fsp3) is 0.714. The van der Waals surface area contributed by atoms with E-state index in [1.165, 1.54) is 25.7 Å². The molecule has 0 amide bonds. The third-order valence-corrected chi connectivity index (χ3v) is 3.94. The van der Waals surface area contributed by atoms with Gasteiger partial charge in [-0.3, -0.25) is 0 Å². The zero-order chi connectivity index (χ0) is 13.0. The molecule has 0 spiro atoms. The standard InChI is InChI=1S/C14H24N4/c1-3-18(14-16-9-11(2)10-17-14)13-7-5-4-6-12(13)8-15/h9-10,12-13H,3-8,15H2,1-2H3. The third kappa shape index (κ3) is 2.80. The second-order valence-corrected chi connectivity index (χ2v) is 5.19. The Hall–Kier alpha value is -1.16. The van der Waals surface area contributed by atoms with Crippen molar-refractivity contribution in [2.75, 3.05) is 18.0 Å². The van der Waals surface area contributed by atoms with E-state index < -0.39 is 0 Å². The van der Waals surface area contributed by atoms with Gasteiger partial charge in [-0.05, 0) is 44.7 Å². The van der Waals surface area contributed by atoms with Crippen molar-refractivity contribution < 1.29 is 0 Å². The third-order valence-electron chi connectivity index (χ3n) is 3.94. The monoisotopic (exact) mass is 248 g/mol. The minimum absolute atomic E-state index is 0.511. The zero-order valence-electron chi connectivity index (χ0n) is 11.5. The van der Waals surface area contributed by atoms with E-state index in [0.717, 1.165) is 24.6 Å². The Morgan fingerprint density at radius 3 is 2.56 bits per heavy atom. The smallest absolute Gasteiger partial charge is 0.225 e. The molecule has 2 unspecified atom stereocenters. The summed E-state index contributed by atoms with van der Waals surface area (Å²) in [5.74, 6) is 1.44. The summed E-state index contributed by atoms with van der Waals surface area (Å²) in [7, 11) is 0. The molecule has 1 heterocycles. The Balaban J connectivity index is 2.18. The van der Waals surface area contributed by atoms with Crippen molar-refractivity contribution in [3.63, 3.8) is 0 Å². The average molecular weight is 248 g/mol. The van der Waals surface area contributed by atoms with Gasteiger partial charge in [0.05, 0.1) is 0 Å². The van der Waals surface area contributed by atoms with Gasteiger partial charge in [0.1, 0.15) is 0 Å². The van der Waals surface area contributed by atoms with E-state index in [2.05, 4.69) is 21.8 Å². The van der Waals surface area contributed by atoms with Gasteiger partial charge >= 0.3 is 0 Å². The van der Waals surface area contributed by atoms with E-state index in [1.807, 2.05) is 19.3 Å². The molecule has 2 N–H and O–H groups in total. The molecule has 1 saturated carbocycles. The molecular weight excluding hydrogens is 224 g/mol. The first kappa shape index (κ1) is 13.3. The summed E-state index contributed by atoms with van der Waals surface area (Å²) in [4.78, 5) is 11.3. The maximum absolute atomic E-state index is 5.92. The van der Waals surface area contributed by atoms with E-state index in [-0.39, 0.29) is 0 Å². The lowest BCUT2D eigenvalue weighted by Gasteiger charge is -2.39. The Morgan fingerprint density at radius 2 is 1.94 bits per heavy atom. The van der Waals surface area contributed by atoms with E-state index in [9.17, 15) is 0 Å². The molecule has 1 aliphatic carbocycles. The first-order chi connectivity index (χ1) is 8.76. The quantitative estimate of drug-likeness (QED) is 0.887. The highest BCUT2D eigenvalue weighted by Gasteiger charge is 2.29. The summed E-state index contributed by atoms with van der Waals surface area (Å²) in [5, 5.41) is 0. The van der Waals surface area contributed by atoms with Gasteiger partial charge in [-0.1, -0.05) is 12.8 Å². The second kappa shape index (κ2) is 6.14. The van der Waals surface area contributed by atoms with Gasteiger partial charge in [0.25, 0.3) is 0 Å². The second-order valence-electron chi connectivity index (χ2n) is 5.19. The van der Waals surface area contributed by atoms with Crippen LogP contribution in [0.1, 0.15) is 38.2 Å². The molecular formula is C14H24N4. The van der Waals surface area contributed by atoms with Gasteiger partial charge in [0.15, 0.2) is 0 Å². The fourth-order valence-corrected chi connectivity index (χ4v) is 2.93. The number of aryl methyl sites for hydroxylation is 1. The molecule has 4 nitrogen and oxygen atoms in total. The molecule has 2 atom stereocenters. The van der Waals surface area contributed by atoms with Crippen LogP contribution in [0.5, 0.6) is 0 Å². The average Bonchev–Trinajstić information content (AvgIpc) is 2.42. The number of hydrogen-bond acceptors (Lipinski definition) is 4. The van der Waals surface area contributed by atoms with Gasteiger partial charge in [0.2, 0.25) is 5.95 Å². The molecule has 2 rings (SSSR count). The molecule has 0 aliphatic heterocycles. The highest BCUT2D eigenvalue weighted by molar-refractivity contribution is 5.32. The van der Waals surface area contributed by atoms with Crippen LogP contribution in [-0.4, -0.2) is 29.1 Å². The van der Waals surface area contributed by atoms with E-state index >= 15 is 0 Å². The van der Waals surface area contributed by atoms with Crippen molar-refractivity contribution in [2.24, 2.45) is 11.7 Å². The molecule has 0 bridgehead atoms. The highest BCUT2D eigenvalue weighted by Crippen LogP contribution is 2.29. The topological polar surface area (TPSA) is 55.0 Å². The predicted molar refractivity (Wildman–Crippen MR) is 74.6 cm³/mol. The molecule has 0 saturated heterocycles. The van der Waals surface area contributed by atoms with Crippen molar-refractivity contribution in [3.8, 4) is 0 Å². The minimum atomic E-state index is 0.511. The van der Waals surface area contributed by atoms with Crippen LogP contribution in [0.2, 0.25) is 0 Å². The lowest BCUT2D eigenvalue weighted by atomic mass is 9.83. The Kier molecular flexibility index (Phi) is 4.53. The van der Waals surface area contributed by atoms with Crippen LogP contribution in [-0.2, 0) is 0 Å². The lowest BCUT2D eigenvalue weighted by Crippen LogP contribution is -2.46. The first-order valence-electron chi connectivity index (χ1n) is 7.01.